The molecule has 1 aliphatic rings. The molecule has 0 amide bonds. The third-order valence-electron chi connectivity index (χ3n) is 3.59. The fraction of sp³-hybridized carbons (Fsp3) is 0.438. The standard InChI is InChI=1S/C16H20N2O2S/c1-3-20-12-7-6-11(8-13(12)19-2)16-18-15(10-4-5-10)14(9-17)21-16/h6-8,10H,3-5,9,17H2,1-2H3. The third-order valence-corrected chi connectivity index (χ3v) is 4.73. The first kappa shape index (κ1) is 14.4. The first-order valence-corrected chi connectivity index (χ1v) is 8.09. The molecule has 0 saturated heterocycles. The molecule has 0 radical (unpaired) electrons. The second kappa shape index (κ2) is 6.03. The lowest BCUT2D eigenvalue weighted by Crippen LogP contribution is -1.96. The molecule has 0 atom stereocenters. The Kier molecular flexibility index (Phi) is 4.12. The van der Waals surface area contributed by atoms with E-state index in [0.29, 0.717) is 19.1 Å². The molecule has 1 aliphatic carbocycles. The van der Waals surface area contributed by atoms with Gasteiger partial charge < -0.3 is 15.2 Å². The predicted octanol–water partition coefficient (Wildman–Crippen LogP) is 3.55. The van der Waals surface area contributed by atoms with E-state index in [1.807, 2.05) is 25.1 Å². The highest BCUT2D eigenvalue weighted by Crippen LogP contribution is 2.44. The van der Waals surface area contributed by atoms with Gasteiger partial charge in [0.1, 0.15) is 5.01 Å². The smallest absolute Gasteiger partial charge is 0.161 e. The molecule has 0 unspecified atom stereocenters. The molecule has 1 saturated carbocycles. The molecule has 4 nitrogen and oxygen atoms in total. The normalized spacial score (nSPS) is 14.2. The number of ether oxygens (including phenoxy) is 2. The minimum atomic E-state index is 0.567. The first-order chi connectivity index (χ1) is 10.3. The Morgan fingerprint density at radius 3 is 2.76 bits per heavy atom. The Hall–Kier alpha value is -1.59. The molecule has 0 spiro atoms. The van der Waals surface area contributed by atoms with Crippen molar-refractivity contribution in [3.63, 3.8) is 0 Å². The SMILES string of the molecule is CCOc1ccc(-c2nc(C3CC3)c(CN)s2)cc1OC. The fourth-order valence-electron chi connectivity index (χ4n) is 2.38. The van der Waals surface area contributed by atoms with Crippen LogP contribution in [-0.2, 0) is 6.54 Å². The van der Waals surface area contributed by atoms with Crippen LogP contribution in [0.5, 0.6) is 11.5 Å². The minimum absolute atomic E-state index is 0.567. The minimum Gasteiger partial charge on any atom is -0.493 e. The van der Waals surface area contributed by atoms with Gasteiger partial charge in [-0.25, -0.2) is 4.98 Å². The van der Waals surface area contributed by atoms with Crippen molar-refractivity contribution in [2.24, 2.45) is 5.73 Å². The van der Waals surface area contributed by atoms with E-state index >= 15 is 0 Å². The van der Waals surface area contributed by atoms with Crippen LogP contribution in [0.25, 0.3) is 10.6 Å². The van der Waals surface area contributed by atoms with Crippen molar-refractivity contribution in [3.05, 3.63) is 28.8 Å². The van der Waals surface area contributed by atoms with Crippen molar-refractivity contribution in [1.82, 2.24) is 4.98 Å². The van der Waals surface area contributed by atoms with Crippen LogP contribution in [0.2, 0.25) is 0 Å². The molecule has 2 aromatic rings. The van der Waals surface area contributed by atoms with Gasteiger partial charge in [0, 0.05) is 22.9 Å². The second-order valence-corrected chi connectivity index (χ2v) is 6.19. The summed E-state index contributed by atoms with van der Waals surface area (Å²) in [6, 6.07) is 5.96. The van der Waals surface area contributed by atoms with Crippen LogP contribution in [-0.4, -0.2) is 18.7 Å². The number of methoxy groups -OCH3 is 1. The molecule has 0 bridgehead atoms. The van der Waals surface area contributed by atoms with E-state index in [2.05, 4.69) is 0 Å². The molecule has 2 N–H and O–H groups in total. The quantitative estimate of drug-likeness (QED) is 0.886. The number of thiazole rings is 1. The summed E-state index contributed by atoms with van der Waals surface area (Å²) in [5.41, 5.74) is 8.11. The fourth-order valence-corrected chi connectivity index (χ4v) is 3.41. The summed E-state index contributed by atoms with van der Waals surface area (Å²) >= 11 is 1.69. The number of hydrogen-bond acceptors (Lipinski definition) is 5. The van der Waals surface area contributed by atoms with Gasteiger partial charge in [0.2, 0.25) is 0 Å². The molecule has 0 aliphatic heterocycles. The maximum absolute atomic E-state index is 5.85. The van der Waals surface area contributed by atoms with Crippen molar-refractivity contribution in [1.29, 1.82) is 0 Å². The van der Waals surface area contributed by atoms with Gasteiger partial charge in [-0.1, -0.05) is 0 Å². The Balaban J connectivity index is 1.96. The van der Waals surface area contributed by atoms with Gasteiger partial charge >= 0.3 is 0 Å². The summed E-state index contributed by atoms with van der Waals surface area (Å²) in [4.78, 5) is 6.02. The molecule has 21 heavy (non-hydrogen) atoms. The van der Waals surface area contributed by atoms with Crippen LogP contribution in [0.15, 0.2) is 18.2 Å². The summed E-state index contributed by atoms with van der Waals surface area (Å²) < 4.78 is 11.0. The summed E-state index contributed by atoms with van der Waals surface area (Å²) in [5, 5.41) is 1.01. The highest BCUT2D eigenvalue weighted by atomic mass is 32.1. The van der Waals surface area contributed by atoms with E-state index < -0.39 is 0 Å². The zero-order valence-electron chi connectivity index (χ0n) is 12.4. The van der Waals surface area contributed by atoms with E-state index in [1.165, 1.54) is 23.4 Å². The average Bonchev–Trinajstić information content (AvgIpc) is 3.27. The van der Waals surface area contributed by atoms with E-state index in [4.69, 9.17) is 20.2 Å². The lowest BCUT2D eigenvalue weighted by atomic mass is 10.2. The average molecular weight is 304 g/mol. The summed E-state index contributed by atoms with van der Waals surface area (Å²) in [6.45, 7) is 3.15. The largest absolute Gasteiger partial charge is 0.493 e. The molecule has 1 aromatic heterocycles. The Morgan fingerprint density at radius 2 is 2.14 bits per heavy atom. The van der Waals surface area contributed by atoms with Gasteiger partial charge in [-0.2, -0.15) is 0 Å². The van der Waals surface area contributed by atoms with E-state index in [9.17, 15) is 0 Å². The van der Waals surface area contributed by atoms with Crippen LogP contribution in [0.3, 0.4) is 0 Å². The van der Waals surface area contributed by atoms with Crippen molar-refractivity contribution in [2.75, 3.05) is 13.7 Å². The number of nitrogens with two attached hydrogens (primary N) is 1. The highest BCUT2D eigenvalue weighted by Gasteiger charge is 2.29. The topological polar surface area (TPSA) is 57.4 Å². The van der Waals surface area contributed by atoms with Gasteiger partial charge in [0.05, 0.1) is 19.4 Å². The van der Waals surface area contributed by atoms with Crippen LogP contribution in [0, 0.1) is 0 Å². The first-order valence-electron chi connectivity index (χ1n) is 7.27. The molecule has 112 valence electrons. The third kappa shape index (κ3) is 2.89. The molecule has 1 fully saturated rings. The van der Waals surface area contributed by atoms with Crippen LogP contribution < -0.4 is 15.2 Å². The molecular formula is C16H20N2O2S. The Morgan fingerprint density at radius 1 is 1.33 bits per heavy atom. The molecular weight excluding hydrogens is 284 g/mol. The summed E-state index contributed by atoms with van der Waals surface area (Å²) in [6.07, 6.45) is 2.48. The molecule has 3 rings (SSSR count). The Bertz CT molecular complexity index is 635. The maximum atomic E-state index is 5.85. The molecule has 1 aromatic carbocycles. The maximum Gasteiger partial charge on any atom is 0.161 e. The van der Waals surface area contributed by atoms with Gasteiger partial charge in [-0.15, -0.1) is 11.3 Å². The zero-order valence-corrected chi connectivity index (χ0v) is 13.2. The summed E-state index contributed by atoms with van der Waals surface area (Å²) in [7, 11) is 1.66. The number of hydrogen-bond donors (Lipinski definition) is 1. The van der Waals surface area contributed by atoms with Crippen molar-refractivity contribution in [3.8, 4) is 22.1 Å². The zero-order chi connectivity index (χ0) is 14.8. The number of aromatic nitrogens is 1. The van der Waals surface area contributed by atoms with E-state index in [1.54, 1.807) is 18.4 Å². The van der Waals surface area contributed by atoms with Gasteiger partial charge in [-0.05, 0) is 38.0 Å². The predicted molar refractivity (Wildman–Crippen MR) is 85.1 cm³/mol. The summed E-state index contributed by atoms with van der Waals surface area (Å²) in [5.74, 6) is 2.13. The molecule has 5 heteroatoms. The monoisotopic (exact) mass is 304 g/mol. The van der Waals surface area contributed by atoms with Gasteiger partial charge in [0.15, 0.2) is 11.5 Å². The van der Waals surface area contributed by atoms with E-state index in [-0.39, 0.29) is 0 Å². The van der Waals surface area contributed by atoms with Crippen LogP contribution in [0.1, 0.15) is 36.3 Å². The van der Waals surface area contributed by atoms with E-state index in [0.717, 1.165) is 22.1 Å². The van der Waals surface area contributed by atoms with Crippen LogP contribution in [0.4, 0.5) is 0 Å². The molecule has 1 heterocycles. The lowest BCUT2D eigenvalue weighted by Gasteiger charge is -2.09. The van der Waals surface area contributed by atoms with Crippen molar-refractivity contribution in [2.45, 2.75) is 32.2 Å². The van der Waals surface area contributed by atoms with Gasteiger partial charge in [0.25, 0.3) is 0 Å². The number of benzene rings is 1. The van der Waals surface area contributed by atoms with Crippen molar-refractivity contribution >= 4 is 11.3 Å². The number of rotatable bonds is 6. The number of nitrogens with zero attached hydrogens (tertiary/aromatic N) is 1. The lowest BCUT2D eigenvalue weighted by molar-refractivity contribution is 0.311. The Labute approximate surface area is 128 Å². The highest BCUT2D eigenvalue weighted by molar-refractivity contribution is 7.15. The van der Waals surface area contributed by atoms with Crippen LogP contribution >= 0.6 is 11.3 Å². The van der Waals surface area contributed by atoms with Crippen molar-refractivity contribution < 1.29 is 9.47 Å². The second-order valence-electron chi connectivity index (χ2n) is 5.10. The van der Waals surface area contributed by atoms with Gasteiger partial charge in [-0.3, -0.25) is 0 Å².